The third kappa shape index (κ3) is 1.86. The summed E-state index contributed by atoms with van der Waals surface area (Å²) in [6.45, 7) is 1.87. The van der Waals surface area contributed by atoms with Gasteiger partial charge in [0.1, 0.15) is 5.82 Å². The van der Waals surface area contributed by atoms with Gasteiger partial charge in [-0.25, -0.2) is 4.98 Å². The number of hydrogen-bond donors (Lipinski definition) is 1. The Morgan fingerprint density at radius 1 is 1.05 bits per heavy atom. The summed E-state index contributed by atoms with van der Waals surface area (Å²) in [4.78, 5) is 9.91. The van der Waals surface area contributed by atoms with Gasteiger partial charge >= 0.3 is 0 Å². The first-order valence-electron chi connectivity index (χ1n) is 6.77. The van der Waals surface area contributed by atoms with E-state index in [0.29, 0.717) is 5.28 Å². The van der Waals surface area contributed by atoms with Crippen LogP contribution in [0.3, 0.4) is 0 Å². The topological polar surface area (TPSA) is 31.9 Å². The van der Waals surface area contributed by atoms with Crippen LogP contribution in [0, 0.1) is 0 Å². The largest absolute Gasteiger partial charge is 0.351 e. The van der Waals surface area contributed by atoms with Gasteiger partial charge in [0.25, 0.3) is 0 Å². The van der Waals surface area contributed by atoms with Gasteiger partial charge in [0, 0.05) is 18.7 Å². The smallest absolute Gasteiger partial charge is 0.202 e. The molecule has 4 heteroatoms. The number of H-pyrrole nitrogens is 1. The van der Waals surface area contributed by atoms with Crippen molar-refractivity contribution < 1.29 is 0 Å². The molecule has 2 heterocycles. The van der Waals surface area contributed by atoms with E-state index in [4.69, 9.17) is 11.6 Å². The summed E-state index contributed by atoms with van der Waals surface area (Å²) in [5.74, 6) is 0.975. The number of rotatable bonds is 1. The van der Waals surface area contributed by atoms with Crippen LogP contribution < -0.4 is 4.90 Å². The van der Waals surface area contributed by atoms with Crippen LogP contribution in [0.4, 0.5) is 5.82 Å². The highest BCUT2D eigenvalue weighted by Crippen LogP contribution is 2.34. The second kappa shape index (κ2) is 4.53. The molecule has 0 fully saturated rings. The quantitative estimate of drug-likeness (QED) is 0.690. The van der Waals surface area contributed by atoms with Gasteiger partial charge in [-0.05, 0) is 41.3 Å². The molecule has 4 rings (SSSR count). The second-order valence-corrected chi connectivity index (χ2v) is 5.50. The maximum atomic E-state index is 6.11. The highest BCUT2D eigenvalue weighted by Gasteiger charge is 2.21. The van der Waals surface area contributed by atoms with E-state index < -0.39 is 0 Å². The van der Waals surface area contributed by atoms with E-state index in [0.717, 1.165) is 36.6 Å². The highest BCUT2D eigenvalue weighted by molar-refractivity contribution is 6.28. The molecule has 1 aromatic rings. The number of nitrogens with zero attached hydrogens (tertiary/aromatic N) is 2. The number of hydrogen-bond acceptors (Lipinski definition) is 2. The molecule has 0 saturated carbocycles. The number of nitrogens with one attached hydrogen (secondary N) is 1. The van der Waals surface area contributed by atoms with Crippen LogP contribution in [-0.2, 0) is 13.0 Å². The molecule has 20 heavy (non-hydrogen) atoms. The fourth-order valence-corrected chi connectivity index (χ4v) is 3.12. The van der Waals surface area contributed by atoms with E-state index in [1.54, 1.807) is 0 Å². The average molecular weight is 284 g/mol. The van der Waals surface area contributed by atoms with E-state index in [1.165, 1.54) is 11.1 Å². The minimum Gasteiger partial charge on any atom is -0.351 e. The first-order valence-corrected chi connectivity index (χ1v) is 7.15. The zero-order valence-corrected chi connectivity index (χ0v) is 11.7. The van der Waals surface area contributed by atoms with Gasteiger partial charge in [0.05, 0.1) is 5.69 Å². The van der Waals surface area contributed by atoms with Crippen molar-refractivity contribution in [2.45, 2.75) is 13.0 Å². The summed E-state index contributed by atoms with van der Waals surface area (Å²) in [6, 6.07) is 14.8. The molecule has 0 unspecified atom stereocenters. The molecule has 0 aromatic heterocycles. The molecule has 1 N–H and O–H groups in total. The zero-order valence-electron chi connectivity index (χ0n) is 10.9. The van der Waals surface area contributed by atoms with Gasteiger partial charge in [-0.3, -0.25) is 0 Å². The lowest BCUT2D eigenvalue weighted by Crippen LogP contribution is -2.31. The van der Waals surface area contributed by atoms with Crippen LogP contribution in [0.25, 0.3) is 11.3 Å². The van der Waals surface area contributed by atoms with Gasteiger partial charge in [-0.15, -0.1) is 0 Å². The van der Waals surface area contributed by atoms with E-state index >= 15 is 0 Å². The Morgan fingerprint density at radius 3 is 2.80 bits per heavy atom. The fourth-order valence-electron chi connectivity index (χ4n) is 2.93. The Balaban J connectivity index is 1.76. The van der Waals surface area contributed by atoms with Gasteiger partial charge in [-0.2, -0.15) is 0 Å². The van der Waals surface area contributed by atoms with Crippen LogP contribution in [0.5, 0.6) is 0 Å². The number of fused-ring (bicyclic) bond motifs is 2. The molecule has 2 aliphatic heterocycles. The van der Waals surface area contributed by atoms with E-state index in [1.807, 2.05) is 12.1 Å². The molecular formula is C16H14ClN3. The lowest BCUT2D eigenvalue weighted by molar-refractivity contribution is 0.720. The highest BCUT2D eigenvalue weighted by atomic mass is 35.5. The Labute approximate surface area is 122 Å². The lowest BCUT2D eigenvalue weighted by Gasteiger charge is -2.31. The van der Waals surface area contributed by atoms with Gasteiger partial charge < -0.3 is 9.88 Å². The van der Waals surface area contributed by atoms with Crippen molar-refractivity contribution in [1.29, 1.82) is 0 Å². The Kier molecular flexibility index (Phi) is 2.67. The molecule has 0 saturated heterocycles. The Morgan fingerprint density at radius 2 is 1.90 bits per heavy atom. The molecule has 0 radical (unpaired) electrons. The van der Waals surface area contributed by atoms with E-state index in [9.17, 15) is 0 Å². The van der Waals surface area contributed by atoms with Gasteiger partial charge in [0.2, 0.25) is 5.28 Å². The van der Waals surface area contributed by atoms with Crippen molar-refractivity contribution >= 4 is 17.4 Å². The SMILES string of the molecule is Clc1nc(N2CCc3ccccc3C2)c2cccc-2[nH]1. The summed E-state index contributed by atoms with van der Waals surface area (Å²) < 4.78 is 0. The summed E-state index contributed by atoms with van der Waals surface area (Å²) in [5, 5.41) is 0.442. The molecule has 0 bridgehead atoms. The standard InChI is InChI=1S/C16H14ClN3/c17-16-18-14-7-3-6-13(14)15(19-16)20-9-8-11-4-1-2-5-12(11)10-20/h1-7H,8-10H2,(H,18,19). The summed E-state index contributed by atoms with van der Waals surface area (Å²) >= 11 is 6.11. The molecule has 1 aromatic carbocycles. The van der Waals surface area contributed by atoms with Crippen molar-refractivity contribution in [3.63, 3.8) is 0 Å². The minimum atomic E-state index is 0.442. The van der Waals surface area contributed by atoms with Gasteiger partial charge in [-0.1, -0.05) is 30.3 Å². The van der Waals surface area contributed by atoms with E-state index in [2.05, 4.69) is 45.2 Å². The maximum Gasteiger partial charge on any atom is 0.202 e. The van der Waals surface area contributed by atoms with Crippen molar-refractivity contribution in [3.05, 3.63) is 58.9 Å². The molecule has 3 nitrogen and oxygen atoms in total. The molecule has 100 valence electrons. The summed E-state index contributed by atoms with van der Waals surface area (Å²) in [6.07, 6.45) is 1.05. The minimum absolute atomic E-state index is 0.442. The first-order chi connectivity index (χ1) is 9.81. The van der Waals surface area contributed by atoms with Crippen molar-refractivity contribution in [2.75, 3.05) is 11.4 Å². The van der Waals surface area contributed by atoms with Crippen molar-refractivity contribution in [3.8, 4) is 11.3 Å². The molecule has 0 atom stereocenters. The number of halogens is 1. The Hall–Kier alpha value is -2.00. The lowest BCUT2D eigenvalue weighted by atomic mass is 9.99. The molecule has 3 aliphatic rings. The molecule has 0 amide bonds. The fraction of sp³-hybridized carbons (Fsp3) is 0.188. The van der Waals surface area contributed by atoms with Crippen LogP contribution in [0.2, 0.25) is 5.28 Å². The predicted octanol–water partition coefficient (Wildman–Crippen LogP) is 3.73. The van der Waals surface area contributed by atoms with Crippen LogP contribution in [0.15, 0.2) is 42.5 Å². The number of aromatic nitrogens is 2. The third-order valence-corrected chi connectivity index (χ3v) is 4.11. The maximum absolute atomic E-state index is 6.11. The van der Waals surface area contributed by atoms with E-state index in [-0.39, 0.29) is 0 Å². The summed E-state index contributed by atoms with van der Waals surface area (Å²) in [5.41, 5.74) is 4.99. The van der Waals surface area contributed by atoms with Crippen molar-refractivity contribution in [1.82, 2.24) is 9.97 Å². The second-order valence-electron chi connectivity index (χ2n) is 5.14. The monoisotopic (exact) mass is 283 g/mol. The molecule has 0 spiro atoms. The zero-order chi connectivity index (χ0) is 13.5. The number of aromatic amines is 1. The number of benzene rings is 1. The Bertz CT molecular complexity index is 734. The van der Waals surface area contributed by atoms with Crippen LogP contribution in [0.1, 0.15) is 11.1 Å². The first kappa shape index (κ1) is 11.8. The number of anilines is 1. The normalized spacial score (nSPS) is 14.6. The molecule has 1 aliphatic carbocycles. The average Bonchev–Trinajstić information content (AvgIpc) is 2.94. The van der Waals surface area contributed by atoms with Crippen LogP contribution in [-0.4, -0.2) is 16.5 Å². The summed E-state index contributed by atoms with van der Waals surface area (Å²) in [7, 11) is 0. The molecular weight excluding hydrogens is 270 g/mol. The third-order valence-electron chi connectivity index (χ3n) is 3.93. The predicted molar refractivity (Wildman–Crippen MR) is 81.4 cm³/mol. The van der Waals surface area contributed by atoms with Crippen molar-refractivity contribution in [2.24, 2.45) is 0 Å². The van der Waals surface area contributed by atoms with Gasteiger partial charge in [0.15, 0.2) is 0 Å². The van der Waals surface area contributed by atoms with Crippen LogP contribution >= 0.6 is 11.6 Å².